The Morgan fingerprint density at radius 3 is 2.00 bits per heavy atom. The SMILES string of the molecule is CC(OC(=O)C(C)(C)C)S(=O)(=O)O. The minimum absolute atomic E-state index is 0.669. The zero-order valence-corrected chi connectivity index (χ0v) is 8.88. The first kappa shape index (κ1) is 12.4. The lowest BCUT2D eigenvalue weighted by Gasteiger charge is -2.18. The Bertz CT molecular complexity index is 284. The molecule has 0 aliphatic rings. The Kier molecular flexibility index (Phi) is 3.46. The first-order valence-electron chi connectivity index (χ1n) is 3.72. The summed E-state index contributed by atoms with van der Waals surface area (Å²) in [6.45, 7) is 5.86. The predicted molar refractivity (Wildman–Crippen MR) is 46.6 cm³/mol. The van der Waals surface area contributed by atoms with Crippen molar-refractivity contribution < 1.29 is 22.5 Å². The summed E-state index contributed by atoms with van der Waals surface area (Å²) in [5.74, 6) is -0.669. The molecule has 0 aromatic carbocycles. The third-order valence-corrected chi connectivity index (χ3v) is 2.24. The van der Waals surface area contributed by atoms with Gasteiger partial charge in [-0.2, -0.15) is 8.42 Å². The van der Waals surface area contributed by atoms with E-state index < -0.39 is 26.9 Å². The number of hydrogen-bond acceptors (Lipinski definition) is 4. The molecule has 0 fully saturated rings. The summed E-state index contributed by atoms with van der Waals surface area (Å²) < 4.78 is 33.9. The minimum atomic E-state index is -4.30. The number of carbonyl (C=O) groups excluding carboxylic acids is 1. The molecule has 1 unspecified atom stereocenters. The van der Waals surface area contributed by atoms with Gasteiger partial charge < -0.3 is 4.74 Å². The molecule has 1 atom stereocenters. The first-order valence-corrected chi connectivity index (χ1v) is 5.23. The lowest BCUT2D eigenvalue weighted by molar-refractivity contribution is -0.154. The molecule has 78 valence electrons. The molecule has 13 heavy (non-hydrogen) atoms. The topological polar surface area (TPSA) is 80.7 Å². The summed E-state index contributed by atoms with van der Waals surface area (Å²) in [5, 5.41) is 0. The summed E-state index contributed by atoms with van der Waals surface area (Å²) in [6.07, 6.45) is 0. The first-order chi connectivity index (χ1) is 5.55. The number of carbonyl (C=O) groups is 1. The maximum absolute atomic E-state index is 11.1. The van der Waals surface area contributed by atoms with Crippen LogP contribution in [-0.2, 0) is 19.6 Å². The van der Waals surface area contributed by atoms with Gasteiger partial charge in [0.25, 0.3) is 0 Å². The number of esters is 1. The Morgan fingerprint density at radius 2 is 1.77 bits per heavy atom. The molecule has 0 saturated heterocycles. The summed E-state index contributed by atoms with van der Waals surface area (Å²) >= 11 is 0. The van der Waals surface area contributed by atoms with Gasteiger partial charge in [-0.15, -0.1) is 0 Å². The maximum Gasteiger partial charge on any atom is 0.312 e. The van der Waals surface area contributed by atoms with Crippen molar-refractivity contribution in [1.82, 2.24) is 0 Å². The van der Waals surface area contributed by atoms with Gasteiger partial charge in [-0.3, -0.25) is 9.35 Å². The molecule has 0 saturated carbocycles. The molecule has 0 rings (SSSR count). The van der Waals surface area contributed by atoms with Gasteiger partial charge in [0.1, 0.15) is 0 Å². The van der Waals surface area contributed by atoms with Crippen LogP contribution in [-0.4, -0.2) is 24.4 Å². The van der Waals surface area contributed by atoms with Crippen molar-refractivity contribution in [1.29, 1.82) is 0 Å². The van der Waals surface area contributed by atoms with Crippen LogP contribution in [0.3, 0.4) is 0 Å². The average molecular weight is 210 g/mol. The minimum Gasteiger partial charge on any atom is -0.443 e. The van der Waals surface area contributed by atoms with Crippen LogP contribution in [0, 0.1) is 5.41 Å². The van der Waals surface area contributed by atoms with Crippen LogP contribution in [0.5, 0.6) is 0 Å². The molecule has 0 aromatic heterocycles. The largest absolute Gasteiger partial charge is 0.443 e. The summed E-state index contributed by atoms with van der Waals surface area (Å²) in [7, 11) is -4.30. The van der Waals surface area contributed by atoms with Gasteiger partial charge in [0.05, 0.1) is 5.41 Å². The Hall–Kier alpha value is -0.620. The Balaban J connectivity index is 4.42. The van der Waals surface area contributed by atoms with Crippen LogP contribution >= 0.6 is 0 Å². The van der Waals surface area contributed by atoms with Gasteiger partial charge in [-0.1, -0.05) is 0 Å². The van der Waals surface area contributed by atoms with E-state index in [1.807, 2.05) is 0 Å². The van der Waals surface area contributed by atoms with Crippen LogP contribution in [0.1, 0.15) is 27.7 Å². The summed E-state index contributed by atoms with van der Waals surface area (Å²) in [4.78, 5) is 11.1. The maximum atomic E-state index is 11.1. The third kappa shape index (κ3) is 4.23. The van der Waals surface area contributed by atoms with E-state index in [2.05, 4.69) is 4.74 Å². The van der Waals surface area contributed by atoms with E-state index in [1.54, 1.807) is 20.8 Å². The summed E-state index contributed by atoms with van der Waals surface area (Å²) in [5.41, 5.74) is -2.29. The standard InChI is InChI=1S/C7H14O5S/c1-5(13(9,10)11)12-6(8)7(2,3)4/h5H,1-4H3,(H,9,10,11). The average Bonchev–Trinajstić information content (AvgIpc) is 1.82. The highest BCUT2D eigenvalue weighted by atomic mass is 32.2. The molecular formula is C7H14O5S. The smallest absolute Gasteiger partial charge is 0.312 e. The normalized spacial score (nSPS) is 15.2. The molecule has 0 aliphatic heterocycles. The molecule has 6 heteroatoms. The Morgan fingerprint density at radius 1 is 1.38 bits per heavy atom. The fraction of sp³-hybridized carbons (Fsp3) is 0.857. The van der Waals surface area contributed by atoms with E-state index >= 15 is 0 Å². The second kappa shape index (κ2) is 3.63. The van der Waals surface area contributed by atoms with E-state index in [4.69, 9.17) is 4.55 Å². The van der Waals surface area contributed by atoms with Gasteiger partial charge in [-0.05, 0) is 27.7 Å². The molecular weight excluding hydrogens is 196 g/mol. The van der Waals surface area contributed by atoms with Crippen LogP contribution < -0.4 is 0 Å². The zero-order valence-electron chi connectivity index (χ0n) is 8.07. The van der Waals surface area contributed by atoms with Crippen molar-refractivity contribution in [3.63, 3.8) is 0 Å². The van der Waals surface area contributed by atoms with Gasteiger partial charge in [-0.25, -0.2) is 0 Å². The molecule has 5 nitrogen and oxygen atoms in total. The van der Waals surface area contributed by atoms with Gasteiger partial charge in [0, 0.05) is 0 Å². The lowest BCUT2D eigenvalue weighted by Crippen LogP contribution is -2.30. The molecule has 1 N–H and O–H groups in total. The van der Waals surface area contributed by atoms with Crippen molar-refractivity contribution in [3.8, 4) is 0 Å². The fourth-order valence-electron chi connectivity index (χ4n) is 0.388. The fourth-order valence-corrected chi connectivity index (χ4v) is 0.597. The molecule has 0 bridgehead atoms. The van der Waals surface area contributed by atoms with E-state index in [9.17, 15) is 13.2 Å². The third-order valence-electron chi connectivity index (χ3n) is 1.30. The van der Waals surface area contributed by atoms with Crippen molar-refractivity contribution in [3.05, 3.63) is 0 Å². The lowest BCUT2D eigenvalue weighted by atomic mass is 9.97. The molecule has 0 heterocycles. The molecule has 0 spiro atoms. The van der Waals surface area contributed by atoms with E-state index in [0.717, 1.165) is 6.92 Å². The van der Waals surface area contributed by atoms with Crippen molar-refractivity contribution in [2.45, 2.75) is 33.1 Å². The number of ether oxygens (including phenoxy) is 1. The Labute approximate surface area is 77.8 Å². The highest BCUT2D eigenvalue weighted by Gasteiger charge is 2.29. The predicted octanol–water partition coefficient (Wildman–Crippen LogP) is 0.810. The monoisotopic (exact) mass is 210 g/mol. The van der Waals surface area contributed by atoms with E-state index in [1.165, 1.54) is 0 Å². The van der Waals surface area contributed by atoms with Gasteiger partial charge in [0.15, 0.2) is 0 Å². The molecule has 0 aliphatic carbocycles. The van der Waals surface area contributed by atoms with Crippen LogP contribution in [0.2, 0.25) is 0 Å². The molecule has 0 aromatic rings. The second-order valence-electron chi connectivity index (χ2n) is 3.74. The van der Waals surface area contributed by atoms with E-state index in [0.29, 0.717) is 0 Å². The molecule has 0 radical (unpaired) electrons. The second-order valence-corrected chi connectivity index (χ2v) is 5.43. The quantitative estimate of drug-likeness (QED) is 0.538. The van der Waals surface area contributed by atoms with Gasteiger partial charge in [0.2, 0.25) is 5.44 Å². The van der Waals surface area contributed by atoms with Crippen LogP contribution in [0.25, 0.3) is 0 Å². The van der Waals surface area contributed by atoms with Crippen molar-refractivity contribution in [2.75, 3.05) is 0 Å². The van der Waals surface area contributed by atoms with Crippen LogP contribution in [0.4, 0.5) is 0 Å². The van der Waals surface area contributed by atoms with Crippen LogP contribution in [0.15, 0.2) is 0 Å². The van der Waals surface area contributed by atoms with Gasteiger partial charge >= 0.3 is 16.1 Å². The number of hydrogen-bond donors (Lipinski definition) is 1. The highest BCUT2D eigenvalue weighted by Crippen LogP contribution is 2.17. The van der Waals surface area contributed by atoms with E-state index in [-0.39, 0.29) is 0 Å². The van der Waals surface area contributed by atoms with Crippen molar-refractivity contribution >= 4 is 16.1 Å². The highest BCUT2D eigenvalue weighted by molar-refractivity contribution is 7.86. The molecule has 0 amide bonds. The summed E-state index contributed by atoms with van der Waals surface area (Å²) in [6, 6.07) is 0. The zero-order chi connectivity index (χ0) is 10.9. The number of rotatable bonds is 2. The van der Waals surface area contributed by atoms with Crippen molar-refractivity contribution in [2.24, 2.45) is 5.41 Å².